The van der Waals surface area contributed by atoms with Crippen molar-refractivity contribution in [3.63, 3.8) is 0 Å². The minimum atomic E-state index is -3.80. The largest absolute Gasteiger partial charge is 0.490 e. The van der Waals surface area contributed by atoms with E-state index < -0.39 is 14.9 Å². The van der Waals surface area contributed by atoms with Crippen molar-refractivity contribution in [3.8, 4) is 11.5 Å². The molecule has 1 amide bonds. The van der Waals surface area contributed by atoms with Gasteiger partial charge in [0.15, 0.2) is 18.1 Å². The minimum Gasteiger partial charge on any atom is -0.490 e. The van der Waals surface area contributed by atoms with Crippen LogP contribution in [0.5, 0.6) is 11.5 Å². The normalized spacial score (nSPS) is 14.8. The zero-order valence-corrected chi connectivity index (χ0v) is 17.8. The molecule has 0 N–H and O–H groups in total. The fraction of sp³-hybridized carbons (Fsp3) is 0.350. The Morgan fingerprint density at radius 2 is 1.58 bits per heavy atom. The van der Waals surface area contributed by atoms with E-state index in [1.165, 1.54) is 16.4 Å². The SMILES string of the molecule is CCOc1ccccc1OCC(=O)N1CCN(S(=O)(=O)c2ccc([N+](=O)[O-])cc2)CC1. The molecular formula is C20H23N3O7S. The number of benzene rings is 2. The third kappa shape index (κ3) is 5.30. The number of amides is 1. The zero-order valence-electron chi connectivity index (χ0n) is 17.0. The van der Waals surface area contributed by atoms with Crippen molar-refractivity contribution >= 4 is 21.6 Å². The summed E-state index contributed by atoms with van der Waals surface area (Å²) in [5.74, 6) is 0.771. The van der Waals surface area contributed by atoms with Gasteiger partial charge in [-0.3, -0.25) is 14.9 Å². The average molecular weight is 449 g/mol. The van der Waals surface area contributed by atoms with E-state index in [-0.39, 0.29) is 49.3 Å². The molecule has 1 aliphatic rings. The highest BCUT2D eigenvalue weighted by molar-refractivity contribution is 7.89. The Bertz CT molecular complexity index is 1030. The summed E-state index contributed by atoms with van der Waals surface area (Å²) < 4.78 is 37.9. The van der Waals surface area contributed by atoms with Crippen LogP contribution in [0.15, 0.2) is 53.4 Å². The predicted molar refractivity (Wildman–Crippen MR) is 112 cm³/mol. The van der Waals surface area contributed by atoms with Crippen molar-refractivity contribution in [1.29, 1.82) is 0 Å². The zero-order chi connectivity index (χ0) is 22.4. The van der Waals surface area contributed by atoms with Crippen LogP contribution < -0.4 is 9.47 Å². The van der Waals surface area contributed by atoms with Gasteiger partial charge in [-0.1, -0.05) is 12.1 Å². The number of carbonyl (C=O) groups is 1. The summed E-state index contributed by atoms with van der Waals surface area (Å²) in [6.45, 7) is 2.84. The topological polar surface area (TPSA) is 119 Å². The molecule has 0 atom stereocenters. The van der Waals surface area contributed by atoms with E-state index in [2.05, 4.69) is 0 Å². The number of hydrogen-bond acceptors (Lipinski definition) is 7. The fourth-order valence-electron chi connectivity index (χ4n) is 3.14. The Morgan fingerprint density at radius 3 is 2.13 bits per heavy atom. The first kappa shape index (κ1) is 22.5. The maximum absolute atomic E-state index is 12.8. The summed E-state index contributed by atoms with van der Waals surface area (Å²) in [5.41, 5.74) is -0.180. The first-order valence-corrected chi connectivity index (χ1v) is 11.1. The molecule has 11 heteroatoms. The Labute approximate surface area is 180 Å². The molecule has 1 fully saturated rings. The summed E-state index contributed by atoms with van der Waals surface area (Å²) in [4.78, 5) is 24.2. The lowest BCUT2D eigenvalue weighted by Gasteiger charge is -2.34. The van der Waals surface area contributed by atoms with Crippen molar-refractivity contribution < 1.29 is 27.6 Å². The van der Waals surface area contributed by atoms with Gasteiger partial charge in [0.25, 0.3) is 11.6 Å². The van der Waals surface area contributed by atoms with E-state index in [1.807, 2.05) is 13.0 Å². The Balaban J connectivity index is 1.56. The van der Waals surface area contributed by atoms with Crippen molar-refractivity contribution in [3.05, 3.63) is 58.6 Å². The van der Waals surface area contributed by atoms with Crippen molar-refractivity contribution in [1.82, 2.24) is 9.21 Å². The maximum atomic E-state index is 12.8. The number of nitrogens with zero attached hydrogens (tertiary/aromatic N) is 3. The molecular weight excluding hydrogens is 426 g/mol. The molecule has 31 heavy (non-hydrogen) atoms. The van der Waals surface area contributed by atoms with Gasteiger partial charge in [0.2, 0.25) is 10.0 Å². The number of ether oxygens (including phenoxy) is 2. The molecule has 0 aliphatic carbocycles. The van der Waals surface area contributed by atoms with Gasteiger partial charge >= 0.3 is 0 Å². The van der Waals surface area contributed by atoms with Crippen LogP contribution in [0.3, 0.4) is 0 Å². The van der Waals surface area contributed by atoms with E-state index in [4.69, 9.17) is 9.47 Å². The second-order valence-electron chi connectivity index (χ2n) is 6.70. The lowest BCUT2D eigenvalue weighted by molar-refractivity contribution is -0.384. The van der Waals surface area contributed by atoms with Gasteiger partial charge in [-0.05, 0) is 31.2 Å². The average Bonchev–Trinajstić information content (AvgIpc) is 2.78. The Kier molecular flexibility index (Phi) is 7.08. The number of carbonyl (C=O) groups excluding carboxylic acids is 1. The number of non-ortho nitro benzene ring substituents is 1. The summed E-state index contributed by atoms with van der Waals surface area (Å²) >= 11 is 0. The molecule has 1 heterocycles. The molecule has 2 aromatic carbocycles. The predicted octanol–water partition coefficient (Wildman–Crippen LogP) is 1.91. The lowest BCUT2D eigenvalue weighted by Crippen LogP contribution is -2.51. The van der Waals surface area contributed by atoms with Crippen LogP contribution in [-0.4, -0.2) is 67.8 Å². The molecule has 3 rings (SSSR count). The second-order valence-corrected chi connectivity index (χ2v) is 8.64. The molecule has 0 bridgehead atoms. The summed E-state index contributed by atoms with van der Waals surface area (Å²) in [6, 6.07) is 11.8. The van der Waals surface area contributed by atoms with Crippen LogP contribution in [0.25, 0.3) is 0 Å². The van der Waals surface area contributed by atoms with Crippen LogP contribution in [0, 0.1) is 10.1 Å². The fourth-order valence-corrected chi connectivity index (χ4v) is 4.56. The second kappa shape index (κ2) is 9.75. The van der Waals surface area contributed by atoms with Crippen molar-refractivity contribution in [2.75, 3.05) is 39.4 Å². The quantitative estimate of drug-likeness (QED) is 0.446. The van der Waals surface area contributed by atoms with E-state index in [1.54, 1.807) is 23.1 Å². The van der Waals surface area contributed by atoms with E-state index in [0.717, 1.165) is 12.1 Å². The van der Waals surface area contributed by atoms with Crippen molar-refractivity contribution in [2.45, 2.75) is 11.8 Å². The van der Waals surface area contributed by atoms with Crippen molar-refractivity contribution in [2.24, 2.45) is 0 Å². The van der Waals surface area contributed by atoms with Gasteiger partial charge in [-0.15, -0.1) is 0 Å². The molecule has 10 nitrogen and oxygen atoms in total. The summed E-state index contributed by atoms with van der Waals surface area (Å²) in [7, 11) is -3.80. The van der Waals surface area contributed by atoms with Gasteiger partial charge in [0, 0.05) is 38.3 Å². The highest BCUT2D eigenvalue weighted by Crippen LogP contribution is 2.26. The molecule has 0 radical (unpaired) electrons. The molecule has 166 valence electrons. The van der Waals surface area contributed by atoms with Gasteiger partial charge < -0.3 is 14.4 Å². The van der Waals surface area contributed by atoms with Crippen LogP contribution in [0.2, 0.25) is 0 Å². The van der Waals surface area contributed by atoms with E-state index in [0.29, 0.717) is 18.1 Å². The van der Waals surface area contributed by atoms with Crippen LogP contribution >= 0.6 is 0 Å². The van der Waals surface area contributed by atoms with Crippen LogP contribution in [-0.2, 0) is 14.8 Å². The summed E-state index contributed by atoms with van der Waals surface area (Å²) in [6.07, 6.45) is 0. The molecule has 0 aromatic heterocycles. The molecule has 1 saturated heterocycles. The smallest absolute Gasteiger partial charge is 0.269 e. The Hall–Kier alpha value is -3.18. The minimum absolute atomic E-state index is 0.0197. The third-order valence-corrected chi connectivity index (χ3v) is 6.69. The third-order valence-electron chi connectivity index (χ3n) is 4.78. The van der Waals surface area contributed by atoms with Gasteiger partial charge in [0.1, 0.15) is 0 Å². The summed E-state index contributed by atoms with van der Waals surface area (Å²) in [5, 5.41) is 10.7. The number of hydrogen-bond donors (Lipinski definition) is 0. The molecule has 0 saturated carbocycles. The first-order chi connectivity index (χ1) is 14.8. The van der Waals surface area contributed by atoms with E-state index in [9.17, 15) is 23.3 Å². The number of rotatable bonds is 8. The number of sulfonamides is 1. The van der Waals surface area contributed by atoms with Gasteiger partial charge in [-0.2, -0.15) is 4.31 Å². The number of piperazine rings is 1. The number of nitro groups is 1. The van der Waals surface area contributed by atoms with Crippen LogP contribution in [0.4, 0.5) is 5.69 Å². The number of nitro benzene ring substituents is 1. The van der Waals surface area contributed by atoms with Crippen LogP contribution in [0.1, 0.15) is 6.92 Å². The highest BCUT2D eigenvalue weighted by Gasteiger charge is 2.30. The number of para-hydroxylation sites is 2. The lowest BCUT2D eigenvalue weighted by atomic mass is 10.3. The van der Waals surface area contributed by atoms with Gasteiger partial charge in [0.05, 0.1) is 16.4 Å². The molecule has 1 aliphatic heterocycles. The van der Waals surface area contributed by atoms with E-state index >= 15 is 0 Å². The Morgan fingerprint density at radius 1 is 1.00 bits per heavy atom. The maximum Gasteiger partial charge on any atom is 0.269 e. The highest BCUT2D eigenvalue weighted by atomic mass is 32.2. The molecule has 0 unspecified atom stereocenters. The van der Waals surface area contributed by atoms with Gasteiger partial charge in [-0.25, -0.2) is 8.42 Å². The molecule has 0 spiro atoms. The first-order valence-electron chi connectivity index (χ1n) is 9.70. The standard InChI is InChI=1S/C20H23N3O7S/c1-2-29-18-5-3-4-6-19(18)30-15-20(24)21-11-13-22(14-12-21)31(27,28)17-9-7-16(8-10-17)23(25)26/h3-10H,2,11-15H2,1H3. The monoisotopic (exact) mass is 449 g/mol. The molecule has 2 aromatic rings.